The molecule has 0 spiro atoms. The van der Waals surface area contributed by atoms with E-state index in [1.54, 1.807) is 0 Å². The highest BCUT2D eigenvalue weighted by Crippen LogP contribution is 2.40. The van der Waals surface area contributed by atoms with Crippen LogP contribution in [0, 0.1) is 41.5 Å². The Kier molecular flexibility index (Phi) is 10.7. The fourth-order valence-corrected chi connectivity index (χ4v) is 7.67. The van der Waals surface area contributed by atoms with Crippen molar-refractivity contribution in [2.24, 2.45) is 0 Å². The molecular weight excluding hydrogens is 653 g/mol. The van der Waals surface area contributed by atoms with E-state index in [2.05, 4.69) is 233 Å². The van der Waals surface area contributed by atoms with Crippen LogP contribution in [0.4, 0.5) is 34.1 Å². The van der Waals surface area contributed by atoms with Gasteiger partial charge in [0.15, 0.2) is 0 Å². The molecule has 2 heteroatoms. The number of benzene rings is 7. The van der Waals surface area contributed by atoms with E-state index >= 15 is 0 Å². The highest BCUT2D eigenvalue weighted by atomic mass is 15.2. The Balaban J connectivity index is 1.12. The maximum Gasteiger partial charge on any atom is 0.0520 e. The molecular formula is C52H48N2. The Hall–Kier alpha value is -6.38. The summed E-state index contributed by atoms with van der Waals surface area (Å²) in [5.74, 6) is 0. The van der Waals surface area contributed by atoms with Crippen molar-refractivity contribution in [3.05, 3.63) is 213 Å². The number of nitrogens with zero attached hydrogens (tertiary/aromatic N) is 2. The molecule has 0 aliphatic heterocycles. The van der Waals surface area contributed by atoms with Crippen molar-refractivity contribution in [1.82, 2.24) is 0 Å². The smallest absolute Gasteiger partial charge is 0.0520 e. The molecule has 0 fully saturated rings. The van der Waals surface area contributed by atoms with E-state index in [0.717, 1.165) is 33.9 Å². The standard InChI is InChI=1S/C52H48N2/c1-37-33-39(3)51(40(4)34-37)53(47-17-9-7-10-18-47)49-29-23-43(24-30-49)21-27-45-15-13-14-16-46(45)28-22-44-25-31-50(32-26-44)54(48-19-11-8-12-20-48)52-41(5)35-38(2)36-42(52)6/h7-36H,1-6H3. The maximum atomic E-state index is 2.37. The van der Waals surface area contributed by atoms with E-state index in [0.29, 0.717) is 0 Å². The summed E-state index contributed by atoms with van der Waals surface area (Å²) in [6, 6.07) is 56.6. The number of hydrogen-bond acceptors (Lipinski definition) is 2. The first-order valence-electron chi connectivity index (χ1n) is 18.8. The van der Waals surface area contributed by atoms with E-state index in [9.17, 15) is 0 Å². The van der Waals surface area contributed by atoms with Gasteiger partial charge in [0.05, 0.1) is 11.4 Å². The summed E-state index contributed by atoms with van der Waals surface area (Å²) in [4.78, 5) is 4.74. The highest BCUT2D eigenvalue weighted by Gasteiger charge is 2.18. The van der Waals surface area contributed by atoms with Crippen molar-refractivity contribution in [1.29, 1.82) is 0 Å². The number of rotatable bonds is 10. The molecule has 0 aliphatic rings. The number of para-hydroxylation sites is 2. The summed E-state index contributed by atoms with van der Waals surface area (Å²) >= 11 is 0. The van der Waals surface area contributed by atoms with Crippen LogP contribution >= 0.6 is 0 Å². The Bertz CT molecular complexity index is 2200. The van der Waals surface area contributed by atoms with Crippen molar-refractivity contribution < 1.29 is 0 Å². The fourth-order valence-electron chi connectivity index (χ4n) is 7.67. The number of anilines is 6. The molecule has 0 N–H and O–H groups in total. The zero-order chi connectivity index (χ0) is 37.6. The second-order valence-electron chi connectivity index (χ2n) is 14.3. The summed E-state index contributed by atoms with van der Waals surface area (Å²) in [5.41, 5.74) is 19.3. The van der Waals surface area contributed by atoms with Crippen molar-refractivity contribution >= 4 is 58.4 Å². The monoisotopic (exact) mass is 700 g/mol. The topological polar surface area (TPSA) is 6.48 Å². The Labute approximate surface area is 322 Å². The minimum atomic E-state index is 1.14. The molecule has 0 radical (unpaired) electrons. The van der Waals surface area contributed by atoms with E-state index < -0.39 is 0 Å². The van der Waals surface area contributed by atoms with Crippen LogP contribution in [-0.4, -0.2) is 0 Å². The molecule has 0 bridgehead atoms. The lowest BCUT2D eigenvalue weighted by atomic mass is 10.0. The summed E-state index contributed by atoms with van der Waals surface area (Å²) in [7, 11) is 0. The lowest BCUT2D eigenvalue weighted by Crippen LogP contribution is -2.13. The summed E-state index contributed by atoms with van der Waals surface area (Å²) in [5, 5.41) is 0. The predicted octanol–water partition coefficient (Wildman–Crippen LogP) is 14.8. The van der Waals surface area contributed by atoms with Crippen molar-refractivity contribution in [3.63, 3.8) is 0 Å². The third-order valence-electron chi connectivity index (χ3n) is 9.96. The molecule has 0 aromatic heterocycles. The first kappa shape index (κ1) is 36.0. The lowest BCUT2D eigenvalue weighted by molar-refractivity contribution is 1.20. The van der Waals surface area contributed by atoms with Crippen LogP contribution in [0.1, 0.15) is 55.6 Å². The van der Waals surface area contributed by atoms with Gasteiger partial charge in [-0.25, -0.2) is 0 Å². The zero-order valence-corrected chi connectivity index (χ0v) is 32.2. The average molecular weight is 701 g/mol. The van der Waals surface area contributed by atoms with Crippen LogP contribution in [0.25, 0.3) is 24.3 Å². The van der Waals surface area contributed by atoms with Crippen LogP contribution in [0.5, 0.6) is 0 Å². The Morgan fingerprint density at radius 2 is 0.611 bits per heavy atom. The molecule has 0 unspecified atom stereocenters. The first-order valence-corrected chi connectivity index (χ1v) is 18.8. The van der Waals surface area contributed by atoms with Gasteiger partial charge >= 0.3 is 0 Å². The van der Waals surface area contributed by atoms with Gasteiger partial charge in [-0.05, 0) is 135 Å². The zero-order valence-electron chi connectivity index (χ0n) is 32.2. The second-order valence-corrected chi connectivity index (χ2v) is 14.3. The van der Waals surface area contributed by atoms with Crippen molar-refractivity contribution in [2.75, 3.05) is 9.80 Å². The molecule has 266 valence electrons. The van der Waals surface area contributed by atoms with Crippen LogP contribution in [0.15, 0.2) is 158 Å². The molecule has 7 aromatic rings. The summed E-state index contributed by atoms with van der Waals surface area (Å²) < 4.78 is 0. The van der Waals surface area contributed by atoms with Crippen LogP contribution in [0.3, 0.4) is 0 Å². The van der Waals surface area contributed by atoms with E-state index in [1.807, 2.05) is 0 Å². The van der Waals surface area contributed by atoms with Gasteiger partial charge in [-0.1, -0.05) is 145 Å². The van der Waals surface area contributed by atoms with E-state index in [4.69, 9.17) is 0 Å². The predicted molar refractivity (Wildman–Crippen MR) is 235 cm³/mol. The van der Waals surface area contributed by atoms with Crippen LogP contribution in [0.2, 0.25) is 0 Å². The molecule has 0 atom stereocenters. The molecule has 7 aromatic carbocycles. The van der Waals surface area contributed by atoms with Crippen LogP contribution in [-0.2, 0) is 0 Å². The summed E-state index contributed by atoms with van der Waals surface area (Å²) in [6.07, 6.45) is 8.83. The van der Waals surface area contributed by atoms with Crippen molar-refractivity contribution in [3.8, 4) is 0 Å². The number of hydrogen-bond donors (Lipinski definition) is 0. The van der Waals surface area contributed by atoms with Gasteiger partial charge in [-0.15, -0.1) is 0 Å². The molecule has 0 heterocycles. The van der Waals surface area contributed by atoms with E-state index in [1.165, 1.54) is 55.9 Å². The first-order chi connectivity index (χ1) is 26.2. The number of aryl methyl sites for hydroxylation is 6. The second kappa shape index (κ2) is 16.1. The van der Waals surface area contributed by atoms with Gasteiger partial charge in [0.25, 0.3) is 0 Å². The normalized spacial score (nSPS) is 11.4. The molecule has 7 rings (SSSR count). The van der Waals surface area contributed by atoms with Gasteiger partial charge in [-0.3, -0.25) is 0 Å². The van der Waals surface area contributed by atoms with Gasteiger partial charge < -0.3 is 9.80 Å². The SMILES string of the molecule is Cc1cc(C)c(N(c2ccccc2)c2ccc(C=Cc3ccccc3C=Cc3ccc(N(c4ccccc4)c4c(C)cc(C)cc4C)cc3)cc2)c(C)c1. The maximum absolute atomic E-state index is 2.37. The minimum absolute atomic E-state index is 1.14. The molecule has 0 amide bonds. The van der Waals surface area contributed by atoms with Gasteiger partial charge in [0.1, 0.15) is 0 Å². The van der Waals surface area contributed by atoms with E-state index in [-0.39, 0.29) is 0 Å². The van der Waals surface area contributed by atoms with Gasteiger partial charge in [-0.2, -0.15) is 0 Å². The molecule has 2 nitrogen and oxygen atoms in total. The lowest BCUT2D eigenvalue weighted by Gasteiger charge is -2.29. The van der Waals surface area contributed by atoms with Crippen LogP contribution < -0.4 is 9.80 Å². The Morgan fingerprint density at radius 1 is 0.315 bits per heavy atom. The van der Waals surface area contributed by atoms with Gasteiger partial charge in [0, 0.05) is 22.7 Å². The van der Waals surface area contributed by atoms with Gasteiger partial charge in [0.2, 0.25) is 0 Å². The molecule has 0 saturated carbocycles. The fraction of sp³-hybridized carbons (Fsp3) is 0.115. The third-order valence-corrected chi connectivity index (χ3v) is 9.96. The third kappa shape index (κ3) is 7.99. The summed E-state index contributed by atoms with van der Waals surface area (Å²) in [6.45, 7) is 13.1. The molecule has 0 aliphatic carbocycles. The largest absolute Gasteiger partial charge is 0.310 e. The molecule has 0 saturated heterocycles. The quantitative estimate of drug-likeness (QED) is 0.131. The average Bonchev–Trinajstić information content (AvgIpc) is 3.17. The Morgan fingerprint density at radius 3 is 0.944 bits per heavy atom. The minimum Gasteiger partial charge on any atom is -0.310 e. The molecule has 54 heavy (non-hydrogen) atoms. The highest BCUT2D eigenvalue weighted by molar-refractivity contribution is 5.84. The van der Waals surface area contributed by atoms with Crippen molar-refractivity contribution in [2.45, 2.75) is 41.5 Å².